The first-order valence-electron chi connectivity index (χ1n) is 3.00. The molecule has 0 saturated heterocycles. The second-order valence-corrected chi connectivity index (χ2v) is 3.03. The van der Waals surface area contributed by atoms with Gasteiger partial charge in [0.1, 0.15) is 10.4 Å². The molecule has 1 aromatic heterocycles. The van der Waals surface area contributed by atoms with Crippen LogP contribution < -0.4 is 5.73 Å². The molecule has 0 aliphatic rings. The molecule has 1 aromatic rings. The molecule has 1 heterocycles. The highest BCUT2D eigenvalue weighted by Crippen LogP contribution is 2.18. The van der Waals surface area contributed by atoms with Gasteiger partial charge in [0.05, 0.1) is 0 Å². The fourth-order valence-electron chi connectivity index (χ4n) is 0.722. The van der Waals surface area contributed by atoms with Gasteiger partial charge in [-0.1, -0.05) is 0 Å². The molecule has 0 radical (unpaired) electrons. The second kappa shape index (κ2) is 2.58. The van der Waals surface area contributed by atoms with Crippen molar-refractivity contribution >= 4 is 21.7 Å². The van der Waals surface area contributed by atoms with Crippen LogP contribution in [0.3, 0.4) is 0 Å². The molecule has 3 heteroatoms. The Morgan fingerprint density at radius 3 is 2.60 bits per heavy atom. The first-order chi connectivity index (χ1) is 4.61. The van der Waals surface area contributed by atoms with Crippen LogP contribution in [0.15, 0.2) is 10.7 Å². The van der Waals surface area contributed by atoms with Gasteiger partial charge in [0.2, 0.25) is 0 Å². The van der Waals surface area contributed by atoms with Crippen molar-refractivity contribution in [1.29, 1.82) is 0 Å². The maximum Gasteiger partial charge on any atom is 0.124 e. The Labute approximate surface area is 68.6 Å². The quantitative estimate of drug-likeness (QED) is 0.652. The lowest BCUT2D eigenvalue weighted by Gasteiger charge is -2.02. The van der Waals surface area contributed by atoms with E-state index in [-0.39, 0.29) is 0 Å². The van der Waals surface area contributed by atoms with Gasteiger partial charge < -0.3 is 5.73 Å². The molecule has 2 N–H and O–H groups in total. The van der Waals surface area contributed by atoms with Crippen molar-refractivity contribution < 1.29 is 0 Å². The Morgan fingerprint density at radius 1 is 1.50 bits per heavy atom. The van der Waals surface area contributed by atoms with E-state index >= 15 is 0 Å². The lowest BCUT2D eigenvalue weighted by atomic mass is 10.2. The van der Waals surface area contributed by atoms with Gasteiger partial charge in [0, 0.05) is 0 Å². The Kier molecular flexibility index (Phi) is 1.94. The molecule has 0 spiro atoms. The summed E-state index contributed by atoms with van der Waals surface area (Å²) in [6, 6.07) is 1.86. The normalized spacial score (nSPS) is 9.90. The summed E-state index contributed by atoms with van der Waals surface area (Å²) in [5.74, 6) is 0.565. The summed E-state index contributed by atoms with van der Waals surface area (Å²) >= 11 is 3.31. The van der Waals surface area contributed by atoms with Crippen molar-refractivity contribution in [2.45, 2.75) is 13.8 Å². The van der Waals surface area contributed by atoms with Crippen LogP contribution in [0.25, 0.3) is 0 Å². The van der Waals surface area contributed by atoms with Crippen LogP contribution in [-0.2, 0) is 0 Å². The predicted molar refractivity (Wildman–Crippen MR) is 45.8 cm³/mol. The van der Waals surface area contributed by atoms with Crippen molar-refractivity contribution in [3.05, 3.63) is 21.8 Å². The first-order valence-corrected chi connectivity index (χ1v) is 3.80. The van der Waals surface area contributed by atoms with Gasteiger partial charge in [-0.2, -0.15) is 0 Å². The zero-order valence-corrected chi connectivity index (χ0v) is 7.57. The smallest absolute Gasteiger partial charge is 0.124 e. The average molecular weight is 201 g/mol. The van der Waals surface area contributed by atoms with Crippen LogP contribution >= 0.6 is 15.9 Å². The van der Waals surface area contributed by atoms with Crippen LogP contribution in [0.1, 0.15) is 11.1 Å². The van der Waals surface area contributed by atoms with Crippen LogP contribution in [0, 0.1) is 13.8 Å². The third-order valence-corrected chi connectivity index (χ3v) is 2.26. The van der Waals surface area contributed by atoms with E-state index in [1.165, 1.54) is 5.56 Å². The van der Waals surface area contributed by atoms with Crippen molar-refractivity contribution in [2.24, 2.45) is 0 Å². The van der Waals surface area contributed by atoms with E-state index in [0.29, 0.717) is 5.82 Å². The lowest BCUT2D eigenvalue weighted by Crippen LogP contribution is -1.94. The highest BCUT2D eigenvalue weighted by atomic mass is 79.9. The number of nitrogens with two attached hydrogens (primary N) is 1. The predicted octanol–water partition coefficient (Wildman–Crippen LogP) is 2.04. The fraction of sp³-hybridized carbons (Fsp3) is 0.286. The van der Waals surface area contributed by atoms with Crippen molar-refractivity contribution in [1.82, 2.24) is 4.98 Å². The summed E-state index contributed by atoms with van der Waals surface area (Å²) in [7, 11) is 0. The molecular weight excluding hydrogens is 192 g/mol. The van der Waals surface area contributed by atoms with Crippen molar-refractivity contribution in [2.75, 3.05) is 5.73 Å². The maximum absolute atomic E-state index is 5.49. The molecule has 0 aromatic carbocycles. The van der Waals surface area contributed by atoms with E-state index < -0.39 is 0 Å². The number of halogens is 1. The van der Waals surface area contributed by atoms with E-state index in [2.05, 4.69) is 20.9 Å². The summed E-state index contributed by atoms with van der Waals surface area (Å²) in [6.45, 7) is 4.02. The number of anilines is 1. The molecule has 0 aliphatic heterocycles. The van der Waals surface area contributed by atoms with Crippen LogP contribution in [-0.4, -0.2) is 4.98 Å². The van der Waals surface area contributed by atoms with Gasteiger partial charge in [-0.3, -0.25) is 0 Å². The molecule has 54 valence electrons. The van der Waals surface area contributed by atoms with Gasteiger partial charge in [0.15, 0.2) is 0 Å². The highest BCUT2D eigenvalue weighted by molar-refractivity contribution is 9.10. The minimum Gasteiger partial charge on any atom is -0.384 e. The number of hydrogen-bond acceptors (Lipinski definition) is 2. The van der Waals surface area contributed by atoms with Crippen LogP contribution in [0.4, 0.5) is 5.82 Å². The molecule has 2 nitrogen and oxygen atoms in total. The van der Waals surface area contributed by atoms with E-state index in [1.807, 2.05) is 19.9 Å². The monoisotopic (exact) mass is 200 g/mol. The largest absolute Gasteiger partial charge is 0.384 e. The number of aromatic nitrogens is 1. The van der Waals surface area contributed by atoms with E-state index in [0.717, 1.165) is 10.2 Å². The minimum absolute atomic E-state index is 0.565. The maximum atomic E-state index is 5.49. The van der Waals surface area contributed by atoms with E-state index in [9.17, 15) is 0 Å². The lowest BCUT2D eigenvalue weighted by molar-refractivity contribution is 1.18. The molecule has 0 bridgehead atoms. The molecule has 10 heavy (non-hydrogen) atoms. The molecule has 0 aliphatic carbocycles. The summed E-state index contributed by atoms with van der Waals surface area (Å²) in [4.78, 5) is 4.03. The van der Waals surface area contributed by atoms with Crippen molar-refractivity contribution in [3.8, 4) is 0 Å². The van der Waals surface area contributed by atoms with Crippen molar-refractivity contribution in [3.63, 3.8) is 0 Å². The Bertz CT molecular complexity index is 235. The fourth-order valence-corrected chi connectivity index (χ4v) is 1.24. The number of rotatable bonds is 0. The number of hydrogen-bond donors (Lipinski definition) is 1. The molecule has 0 amide bonds. The Balaban J connectivity index is 3.31. The molecule has 0 saturated carbocycles. The van der Waals surface area contributed by atoms with Gasteiger partial charge in [-0.05, 0) is 47.0 Å². The van der Waals surface area contributed by atoms with Gasteiger partial charge in [-0.15, -0.1) is 0 Å². The number of aryl methyl sites for hydroxylation is 1. The first kappa shape index (κ1) is 7.54. The van der Waals surface area contributed by atoms with Crippen LogP contribution in [0.2, 0.25) is 0 Å². The summed E-state index contributed by atoms with van der Waals surface area (Å²) in [5, 5.41) is 0. The van der Waals surface area contributed by atoms with E-state index in [4.69, 9.17) is 5.73 Å². The molecule has 0 unspecified atom stereocenters. The van der Waals surface area contributed by atoms with Crippen LogP contribution in [0.5, 0.6) is 0 Å². The van der Waals surface area contributed by atoms with Gasteiger partial charge in [0.25, 0.3) is 0 Å². The average Bonchev–Trinajstić information content (AvgIpc) is 1.82. The molecule has 0 fully saturated rings. The molecular formula is C7H9BrN2. The zero-order valence-electron chi connectivity index (χ0n) is 5.98. The zero-order chi connectivity index (χ0) is 7.72. The Hall–Kier alpha value is -0.570. The number of nitrogens with zero attached hydrogens (tertiary/aromatic N) is 1. The molecule has 0 atom stereocenters. The highest BCUT2D eigenvalue weighted by Gasteiger charge is 1.99. The molecule has 1 rings (SSSR count). The third-order valence-electron chi connectivity index (χ3n) is 1.49. The van der Waals surface area contributed by atoms with Gasteiger partial charge in [-0.25, -0.2) is 4.98 Å². The number of pyridine rings is 1. The third kappa shape index (κ3) is 1.29. The van der Waals surface area contributed by atoms with Gasteiger partial charge >= 0.3 is 0 Å². The van der Waals surface area contributed by atoms with E-state index in [1.54, 1.807) is 0 Å². The number of nitrogen functional groups attached to an aromatic ring is 1. The SMILES string of the molecule is Cc1cc(N)nc(Br)c1C. The standard InChI is InChI=1S/C7H9BrN2/c1-4-3-6(9)10-7(8)5(4)2/h3H,1-2H3,(H2,9,10). The summed E-state index contributed by atoms with van der Waals surface area (Å²) < 4.78 is 0.838. The Morgan fingerprint density at radius 2 is 2.10 bits per heavy atom. The summed E-state index contributed by atoms with van der Waals surface area (Å²) in [6.07, 6.45) is 0. The summed E-state index contributed by atoms with van der Waals surface area (Å²) in [5.41, 5.74) is 7.80. The topological polar surface area (TPSA) is 38.9 Å². The second-order valence-electron chi connectivity index (χ2n) is 2.28. The minimum atomic E-state index is 0.565.